The van der Waals surface area contributed by atoms with Crippen LogP contribution in [0.1, 0.15) is 51.5 Å². The van der Waals surface area contributed by atoms with Gasteiger partial charge >= 0.3 is 0 Å². The highest BCUT2D eigenvalue weighted by atomic mass is 16.1. The smallest absolute Gasteiger partial charge is 0.166 e. The molecule has 112 valence electrons. The number of hydrogen-bond donors (Lipinski definition) is 0. The normalized spacial score (nSPS) is 19.4. The van der Waals surface area contributed by atoms with E-state index in [-0.39, 0.29) is 5.92 Å². The molecule has 0 aromatic heterocycles. The third-order valence-corrected chi connectivity index (χ3v) is 5.39. The highest BCUT2D eigenvalue weighted by molar-refractivity contribution is 6.05. The molecular formula is C21H22O. The van der Waals surface area contributed by atoms with Crippen LogP contribution in [0.3, 0.4) is 0 Å². The second-order valence-electron chi connectivity index (χ2n) is 7.06. The van der Waals surface area contributed by atoms with Crippen molar-refractivity contribution in [3.05, 3.63) is 57.6 Å². The van der Waals surface area contributed by atoms with Crippen LogP contribution in [0.25, 0.3) is 11.1 Å². The first kappa shape index (κ1) is 13.8. The Balaban J connectivity index is 2.06. The van der Waals surface area contributed by atoms with Gasteiger partial charge < -0.3 is 0 Å². The van der Waals surface area contributed by atoms with Gasteiger partial charge in [-0.3, -0.25) is 4.79 Å². The van der Waals surface area contributed by atoms with Crippen LogP contribution in [0.2, 0.25) is 0 Å². The summed E-state index contributed by atoms with van der Waals surface area (Å²) in [5, 5.41) is 0. The molecule has 0 fully saturated rings. The molecule has 0 saturated heterocycles. The number of benzene rings is 2. The number of Topliss-reactive ketones (excluding diaryl/α,β-unsaturated/α-hetero) is 1. The lowest BCUT2D eigenvalue weighted by Gasteiger charge is -2.17. The van der Waals surface area contributed by atoms with Crippen LogP contribution in [0.4, 0.5) is 0 Å². The molecule has 0 spiro atoms. The predicted molar refractivity (Wildman–Crippen MR) is 90.6 cm³/mol. The molecule has 0 amide bonds. The highest BCUT2D eigenvalue weighted by Gasteiger charge is 2.33. The fourth-order valence-electron chi connectivity index (χ4n) is 4.22. The summed E-state index contributed by atoms with van der Waals surface area (Å²) in [5.74, 6) is 0.484. The van der Waals surface area contributed by atoms with Crippen molar-refractivity contribution in [2.45, 2.75) is 46.5 Å². The first-order chi connectivity index (χ1) is 10.6. The van der Waals surface area contributed by atoms with Crippen LogP contribution in [0, 0.1) is 19.8 Å². The van der Waals surface area contributed by atoms with Crippen LogP contribution < -0.4 is 0 Å². The summed E-state index contributed by atoms with van der Waals surface area (Å²) in [5.41, 5.74) is 10.6. The molecule has 2 aliphatic carbocycles. The predicted octanol–water partition coefficient (Wildman–Crippen LogP) is 4.83. The van der Waals surface area contributed by atoms with E-state index < -0.39 is 0 Å². The number of fused-ring (bicyclic) bond motifs is 2. The monoisotopic (exact) mass is 290 g/mol. The molecule has 1 atom stereocenters. The van der Waals surface area contributed by atoms with Crippen molar-refractivity contribution in [1.82, 2.24) is 0 Å². The van der Waals surface area contributed by atoms with E-state index in [4.69, 9.17) is 0 Å². The maximum absolute atomic E-state index is 12.5. The Labute approximate surface area is 132 Å². The van der Waals surface area contributed by atoms with E-state index in [0.29, 0.717) is 5.78 Å². The molecule has 0 N–H and O–H groups in total. The number of hydrogen-bond acceptors (Lipinski definition) is 1. The van der Waals surface area contributed by atoms with Gasteiger partial charge in [0.15, 0.2) is 5.78 Å². The van der Waals surface area contributed by atoms with E-state index in [1.807, 2.05) is 0 Å². The highest BCUT2D eigenvalue weighted by Crippen LogP contribution is 2.43. The van der Waals surface area contributed by atoms with E-state index in [1.54, 1.807) is 0 Å². The summed E-state index contributed by atoms with van der Waals surface area (Å²) in [6.45, 7) is 6.41. The Kier molecular flexibility index (Phi) is 3.00. The molecule has 22 heavy (non-hydrogen) atoms. The zero-order valence-electron chi connectivity index (χ0n) is 13.6. The fourth-order valence-corrected chi connectivity index (χ4v) is 4.22. The van der Waals surface area contributed by atoms with Gasteiger partial charge in [0.25, 0.3) is 0 Å². The lowest BCUT2D eigenvalue weighted by Crippen LogP contribution is -2.03. The van der Waals surface area contributed by atoms with Crippen molar-refractivity contribution in [2.75, 3.05) is 0 Å². The summed E-state index contributed by atoms with van der Waals surface area (Å²) in [6.07, 6.45) is 4.42. The molecule has 4 rings (SSSR count). The molecule has 0 heterocycles. The lowest BCUT2D eigenvalue weighted by atomic mass is 9.87. The number of carbonyl (C=O) groups is 1. The third-order valence-electron chi connectivity index (χ3n) is 5.39. The molecule has 0 aliphatic heterocycles. The fraction of sp³-hybridized carbons (Fsp3) is 0.381. The Hall–Kier alpha value is -1.89. The zero-order valence-corrected chi connectivity index (χ0v) is 13.6. The molecule has 1 unspecified atom stereocenters. The Bertz CT molecular complexity index is 798. The molecule has 0 bridgehead atoms. The van der Waals surface area contributed by atoms with Gasteiger partial charge in [0.2, 0.25) is 0 Å². The summed E-state index contributed by atoms with van der Waals surface area (Å²) in [6, 6.07) is 8.90. The average Bonchev–Trinajstić information content (AvgIpc) is 3.06. The van der Waals surface area contributed by atoms with Crippen LogP contribution in [0.5, 0.6) is 0 Å². The molecule has 1 nitrogen and oxygen atoms in total. The van der Waals surface area contributed by atoms with Crippen molar-refractivity contribution in [3.63, 3.8) is 0 Å². The van der Waals surface area contributed by atoms with Gasteiger partial charge in [-0.2, -0.15) is 0 Å². The average molecular weight is 290 g/mol. The first-order valence-corrected chi connectivity index (χ1v) is 8.35. The molecule has 0 saturated carbocycles. The Morgan fingerprint density at radius 1 is 1.00 bits per heavy atom. The maximum atomic E-state index is 12.5. The molecule has 0 radical (unpaired) electrons. The molecule has 1 heteroatoms. The van der Waals surface area contributed by atoms with Gasteiger partial charge in [-0.1, -0.05) is 30.7 Å². The Morgan fingerprint density at radius 2 is 1.82 bits per heavy atom. The minimum absolute atomic E-state index is 0.140. The second kappa shape index (κ2) is 4.81. The van der Waals surface area contributed by atoms with Crippen molar-refractivity contribution in [3.8, 4) is 11.1 Å². The van der Waals surface area contributed by atoms with Crippen molar-refractivity contribution in [2.24, 2.45) is 5.92 Å². The minimum Gasteiger partial charge on any atom is -0.294 e. The van der Waals surface area contributed by atoms with E-state index in [2.05, 4.69) is 45.0 Å². The van der Waals surface area contributed by atoms with Crippen molar-refractivity contribution >= 4 is 5.78 Å². The molecule has 2 aliphatic rings. The largest absolute Gasteiger partial charge is 0.294 e. The summed E-state index contributed by atoms with van der Waals surface area (Å²) < 4.78 is 0. The SMILES string of the molecule is Cc1ccc(C)c(-c2c3c(cc4c2CC(C)C4=O)CCC3)c1. The van der Waals surface area contributed by atoms with Crippen LogP contribution in [-0.2, 0) is 19.3 Å². The minimum atomic E-state index is 0.140. The van der Waals surface area contributed by atoms with Gasteiger partial charge in [-0.15, -0.1) is 0 Å². The standard InChI is InChI=1S/C21H22O/c1-12-7-8-13(2)17(9-12)20-16-6-4-5-15(16)11-19-18(20)10-14(3)21(19)22/h7-9,11,14H,4-6,10H2,1-3H3. The van der Waals surface area contributed by atoms with E-state index >= 15 is 0 Å². The number of ketones is 1. The Morgan fingerprint density at radius 3 is 2.64 bits per heavy atom. The van der Waals surface area contributed by atoms with E-state index in [1.165, 1.54) is 45.4 Å². The van der Waals surface area contributed by atoms with Crippen LogP contribution in [-0.4, -0.2) is 5.78 Å². The van der Waals surface area contributed by atoms with E-state index in [9.17, 15) is 4.79 Å². The third kappa shape index (κ3) is 1.88. The summed E-state index contributed by atoms with van der Waals surface area (Å²) in [4.78, 5) is 12.5. The molecule has 2 aromatic rings. The topological polar surface area (TPSA) is 17.1 Å². The maximum Gasteiger partial charge on any atom is 0.166 e. The van der Waals surface area contributed by atoms with Crippen molar-refractivity contribution in [1.29, 1.82) is 0 Å². The van der Waals surface area contributed by atoms with E-state index in [0.717, 1.165) is 24.8 Å². The number of carbonyl (C=O) groups excluding carboxylic acids is 1. The number of rotatable bonds is 1. The van der Waals surface area contributed by atoms with Gasteiger partial charge in [0.05, 0.1) is 0 Å². The quantitative estimate of drug-likeness (QED) is 0.735. The molecule has 2 aromatic carbocycles. The lowest BCUT2D eigenvalue weighted by molar-refractivity contribution is 0.0946. The summed E-state index contributed by atoms with van der Waals surface area (Å²) >= 11 is 0. The van der Waals surface area contributed by atoms with Gasteiger partial charge in [-0.05, 0) is 79.0 Å². The van der Waals surface area contributed by atoms with Crippen LogP contribution in [0.15, 0.2) is 24.3 Å². The first-order valence-electron chi connectivity index (χ1n) is 8.35. The van der Waals surface area contributed by atoms with Gasteiger partial charge in [0, 0.05) is 11.5 Å². The zero-order chi connectivity index (χ0) is 15.4. The number of aryl methyl sites for hydroxylation is 3. The van der Waals surface area contributed by atoms with Gasteiger partial charge in [0.1, 0.15) is 0 Å². The second-order valence-corrected chi connectivity index (χ2v) is 7.06. The van der Waals surface area contributed by atoms with Crippen LogP contribution >= 0.6 is 0 Å². The summed E-state index contributed by atoms with van der Waals surface area (Å²) in [7, 11) is 0. The van der Waals surface area contributed by atoms with Gasteiger partial charge in [-0.25, -0.2) is 0 Å². The molecular weight excluding hydrogens is 268 g/mol. The van der Waals surface area contributed by atoms with Crippen molar-refractivity contribution < 1.29 is 4.79 Å².